The standard InChI is InChI=1S/C30H25Cl2F4N3O3/c1-29(2,3)12-23-30(13-37,17-8-7-14(31)9-20(17)34)24(15-5-4-6-18(32)25(15)36)26(39-23)27(40)38-22-11-19(33)16(28(41)42)10-21(22)35/h4-11,23-24,26,39H,12H2,1-3H3,(H,38,40)(H,41,42). The largest absolute Gasteiger partial charge is 0.478 e. The first kappa shape index (κ1) is 31.3. The van der Waals surface area contributed by atoms with E-state index in [0.717, 1.165) is 6.07 Å². The van der Waals surface area contributed by atoms with Crippen LogP contribution in [0.4, 0.5) is 23.2 Å². The number of carboxylic acids is 1. The number of rotatable bonds is 6. The van der Waals surface area contributed by atoms with Gasteiger partial charge in [-0.05, 0) is 41.7 Å². The number of aromatic carboxylic acids is 1. The molecule has 4 rings (SSSR count). The van der Waals surface area contributed by atoms with Crippen LogP contribution in [0.3, 0.4) is 0 Å². The average Bonchev–Trinajstić information content (AvgIpc) is 3.20. The van der Waals surface area contributed by atoms with E-state index in [9.17, 15) is 23.6 Å². The van der Waals surface area contributed by atoms with Crippen molar-refractivity contribution in [3.63, 3.8) is 0 Å². The maximum absolute atomic E-state index is 15.7. The van der Waals surface area contributed by atoms with Crippen molar-refractivity contribution in [3.8, 4) is 6.07 Å². The van der Waals surface area contributed by atoms with Crippen LogP contribution in [0.15, 0.2) is 48.5 Å². The molecule has 0 spiro atoms. The average molecular weight is 622 g/mol. The van der Waals surface area contributed by atoms with Crippen molar-refractivity contribution in [3.05, 3.63) is 98.5 Å². The predicted molar refractivity (Wildman–Crippen MR) is 150 cm³/mol. The molecule has 1 saturated heterocycles. The second kappa shape index (κ2) is 11.6. The third kappa shape index (κ3) is 5.69. The summed E-state index contributed by atoms with van der Waals surface area (Å²) in [5.41, 5.74) is -4.39. The van der Waals surface area contributed by atoms with E-state index in [2.05, 4.69) is 16.7 Å². The van der Waals surface area contributed by atoms with E-state index in [1.54, 1.807) is 0 Å². The van der Waals surface area contributed by atoms with Crippen LogP contribution in [-0.4, -0.2) is 29.1 Å². The van der Waals surface area contributed by atoms with Gasteiger partial charge in [-0.3, -0.25) is 4.79 Å². The molecular formula is C30H25Cl2F4N3O3. The molecule has 0 radical (unpaired) electrons. The number of halogens is 6. The fourth-order valence-corrected chi connectivity index (χ4v) is 5.91. The smallest absolute Gasteiger partial charge is 0.338 e. The van der Waals surface area contributed by atoms with Gasteiger partial charge in [0.05, 0.1) is 28.4 Å². The lowest BCUT2D eigenvalue weighted by atomic mass is 9.62. The van der Waals surface area contributed by atoms with Crippen molar-refractivity contribution >= 4 is 40.8 Å². The van der Waals surface area contributed by atoms with Crippen molar-refractivity contribution in [2.75, 3.05) is 5.32 Å². The minimum absolute atomic E-state index is 0.0461. The molecule has 0 aromatic heterocycles. The Morgan fingerprint density at radius 3 is 2.33 bits per heavy atom. The normalized spacial score (nSPS) is 22.0. The van der Waals surface area contributed by atoms with Crippen LogP contribution < -0.4 is 10.6 Å². The van der Waals surface area contributed by atoms with E-state index in [0.29, 0.717) is 12.1 Å². The Morgan fingerprint density at radius 1 is 1.05 bits per heavy atom. The molecule has 12 heteroatoms. The third-order valence-corrected chi connectivity index (χ3v) is 7.80. The molecular weight excluding hydrogens is 597 g/mol. The first-order valence-corrected chi connectivity index (χ1v) is 13.5. The van der Waals surface area contributed by atoms with Gasteiger partial charge in [0, 0.05) is 28.6 Å². The van der Waals surface area contributed by atoms with Crippen LogP contribution in [0.5, 0.6) is 0 Å². The molecule has 1 aliphatic rings. The molecule has 0 saturated carbocycles. The fraction of sp³-hybridized carbons (Fsp3) is 0.300. The Balaban J connectivity index is 1.95. The number of carboxylic acid groups (broad SMARTS) is 1. The first-order chi connectivity index (χ1) is 19.6. The molecule has 0 aliphatic carbocycles. The van der Waals surface area contributed by atoms with Crippen LogP contribution >= 0.6 is 23.2 Å². The van der Waals surface area contributed by atoms with E-state index < -0.39 is 75.2 Å². The molecule has 1 fully saturated rings. The number of carbonyl (C=O) groups is 2. The summed E-state index contributed by atoms with van der Waals surface area (Å²) in [5, 5.41) is 24.9. The SMILES string of the molecule is CC(C)(C)CC1NC(C(=O)Nc2cc(F)c(C(=O)O)cc2F)C(c2cccc(Cl)c2F)C1(C#N)c1ccc(Cl)cc1F. The highest BCUT2D eigenvalue weighted by Gasteiger charge is 2.61. The van der Waals surface area contributed by atoms with Crippen molar-refractivity contribution in [1.29, 1.82) is 5.26 Å². The Hall–Kier alpha value is -3.65. The van der Waals surface area contributed by atoms with Crippen molar-refractivity contribution in [2.45, 2.75) is 50.6 Å². The minimum Gasteiger partial charge on any atom is -0.478 e. The van der Waals surface area contributed by atoms with Gasteiger partial charge in [0.25, 0.3) is 0 Å². The number of carbonyl (C=O) groups excluding carboxylic acids is 1. The summed E-state index contributed by atoms with van der Waals surface area (Å²) < 4.78 is 60.5. The first-order valence-electron chi connectivity index (χ1n) is 12.7. The zero-order valence-corrected chi connectivity index (χ0v) is 24.0. The number of anilines is 1. The van der Waals surface area contributed by atoms with E-state index >= 15 is 8.78 Å². The molecule has 1 aliphatic heterocycles. The molecule has 42 heavy (non-hydrogen) atoms. The highest BCUT2D eigenvalue weighted by atomic mass is 35.5. The minimum atomic E-state index is -1.92. The molecule has 1 heterocycles. The Bertz CT molecular complexity index is 1620. The van der Waals surface area contributed by atoms with Gasteiger partial charge < -0.3 is 15.7 Å². The summed E-state index contributed by atoms with van der Waals surface area (Å²) in [7, 11) is 0. The molecule has 1 amide bonds. The van der Waals surface area contributed by atoms with Crippen LogP contribution in [0.1, 0.15) is 54.6 Å². The van der Waals surface area contributed by atoms with E-state index in [4.69, 9.17) is 28.3 Å². The summed E-state index contributed by atoms with van der Waals surface area (Å²) >= 11 is 12.1. The number of nitrogens with zero attached hydrogens (tertiary/aromatic N) is 1. The van der Waals surface area contributed by atoms with E-state index in [-0.39, 0.29) is 27.6 Å². The zero-order chi connectivity index (χ0) is 31.1. The molecule has 3 N–H and O–H groups in total. The molecule has 4 unspecified atom stereocenters. The Morgan fingerprint density at radius 2 is 1.74 bits per heavy atom. The van der Waals surface area contributed by atoms with Crippen molar-refractivity contribution < 1.29 is 32.3 Å². The second-order valence-electron chi connectivity index (χ2n) is 11.3. The third-order valence-electron chi connectivity index (χ3n) is 7.28. The van der Waals surface area contributed by atoms with Crippen LogP contribution in [0, 0.1) is 40.0 Å². The number of nitrogens with one attached hydrogen (secondary N) is 2. The summed E-state index contributed by atoms with van der Waals surface area (Å²) in [6, 6.07) is 8.29. The lowest BCUT2D eigenvalue weighted by molar-refractivity contribution is -0.118. The van der Waals surface area contributed by atoms with Gasteiger partial charge in [-0.15, -0.1) is 0 Å². The number of amides is 1. The topological polar surface area (TPSA) is 102 Å². The summed E-state index contributed by atoms with van der Waals surface area (Å²) in [5.74, 6) is -8.52. The Kier molecular flexibility index (Phi) is 8.61. The van der Waals surface area contributed by atoms with Crippen molar-refractivity contribution in [1.82, 2.24) is 5.32 Å². The summed E-state index contributed by atoms with van der Waals surface area (Å²) in [6.07, 6.45) is 0.196. The second-order valence-corrected chi connectivity index (χ2v) is 12.1. The van der Waals surface area contributed by atoms with Gasteiger partial charge in [0.15, 0.2) is 0 Å². The summed E-state index contributed by atoms with van der Waals surface area (Å²) in [6.45, 7) is 5.58. The predicted octanol–water partition coefficient (Wildman–Crippen LogP) is 7.21. The lowest BCUT2D eigenvalue weighted by Gasteiger charge is -2.37. The van der Waals surface area contributed by atoms with Crippen LogP contribution in [0.2, 0.25) is 10.0 Å². The van der Waals surface area contributed by atoms with Crippen LogP contribution in [0.25, 0.3) is 0 Å². The van der Waals surface area contributed by atoms with E-state index in [1.807, 2.05) is 20.8 Å². The number of hydrogen-bond donors (Lipinski definition) is 3. The molecule has 4 atom stereocenters. The van der Waals surface area contributed by atoms with Gasteiger partial charge in [0.1, 0.15) is 28.7 Å². The number of benzene rings is 3. The van der Waals surface area contributed by atoms with Gasteiger partial charge in [-0.2, -0.15) is 5.26 Å². The maximum Gasteiger partial charge on any atom is 0.338 e. The van der Waals surface area contributed by atoms with Gasteiger partial charge in [-0.1, -0.05) is 62.2 Å². The maximum atomic E-state index is 15.7. The molecule has 3 aromatic rings. The highest BCUT2D eigenvalue weighted by Crippen LogP contribution is 2.53. The summed E-state index contributed by atoms with van der Waals surface area (Å²) in [4.78, 5) is 25.0. The van der Waals surface area contributed by atoms with Crippen molar-refractivity contribution in [2.24, 2.45) is 5.41 Å². The van der Waals surface area contributed by atoms with Gasteiger partial charge >= 0.3 is 5.97 Å². The fourth-order valence-electron chi connectivity index (χ4n) is 5.57. The highest BCUT2D eigenvalue weighted by molar-refractivity contribution is 6.31. The molecule has 3 aromatic carbocycles. The molecule has 6 nitrogen and oxygen atoms in total. The number of hydrogen-bond acceptors (Lipinski definition) is 4. The van der Waals surface area contributed by atoms with Crippen LogP contribution in [-0.2, 0) is 10.2 Å². The van der Waals surface area contributed by atoms with Gasteiger partial charge in [-0.25, -0.2) is 22.4 Å². The Labute approximate surface area is 249 Å². The number of nitriles is 1. The van der Waals surface area contributed by atoms with Gasteiger partial charge in [0.2, 0.25) is 5.91 Å². The van der Waals surface area contributed by atoms with E-state index in [1.165, 1.54) is 30.3 Å². The lowest BCUT2D eigenvalue weighted by Crippen LogP contribution is -2.45. The quantitative estimate of drug-likeness (QED) is 0.252. The molecule has 220 valence electrons. The molecule has 0 bridgehead atoms. The zero-order valence-electron chi connectivity index (χ0n) is 22.5. The monoisotopic (exact) mass is 621 g/mol.